The van der Waals surface area contributed by atoms with Gasteiger partial charge in [0, 0.05) is 12.1 Å². The number of carbonyl (C=O) groups excluding carboxylic acids is 2. The summed E-state index contributed by atoms with van der Waals surface area (Å²) in [4.78, 5) is 34.4. The number of nitrogens with one attached hydrogen (secondary N) is 1. The Morgan fingerprint density at radius 3 is 2.44 bits per heavy atom. The van der Waals surface area contributed by atoms with Crippen LogP contribution in [0.25, 0.3) is 0 Å². The quantitative estimate of drug-likeness (QED) is 0.442. The number of nitrogens with zero attached hydrogens (tertiary/aromatic N) is 1. The highest BCUT2D eigenvalue weighted by molar-refractivity contribution is 5.95. The molecule has 1 aliphatic carbocycles. The van der Waals surface area contributed by atoms with Crippen LogP contribution in [0.1, 0.15) is 63.2 Å². The summed E-state index contributed by atoms with van der Waals surface area (Å²) < 4.78 is 4.96. The first-order valence-corrected chi connectivity index (χ1v) is 9.44. The van der Waals surface area contributed by atoms with Crippen LogP contribution in [-0.2, 0) is 9.53 Å². The third kappa shape index (κ3) is 5.52. The first kappa shape index (κ1) is 20.9. The summed E-state index contributed by atoms with van der Waals surface area (Å²) in [5.74, 6) is -0.585. The number of amides is 1. The van der Waals surface area contributed by atoms with Gasteiger partial charge in [0.1, 0.15) is 5.56 Å². The molecule has 0 bridgehead atoms. The minimum Gasteiger partial charge on any atom is -0.452 e. The van der Waals surface area contributed by atoms with Gasteiger partial charge in [-0.05, 0) is 43.1 Å². The predicted octanol–water partition coefficient (Wildman–Crippen LogP) is 3.86. The minimum atomic E-state index is -0.870. The number of carbonyl (C=O) groups is 2. The van der Waals surface area contributed by atoms with Crippen molar-refractivity contribution in [3.05, 3.63) is 39.9 Å². The molecule has 7 nitrogen and oxygen atoms in total. The Morgan fingerprint density at radius 2 is 1.85 bits per heavy atom. The van der Waals surface area contributed by atoms with E-state index < -0.39 is 17.5 Å². The Labute approximate surface area is 159 Å². The molecular weight excluding hydrogens is 348 g/mol. The van der Waals surface area contributed by atoms with E-state index in [1.807, 2.05) is 0 Å². The molecule has 27 heavy (non-hydrogen) atoms. The normalized spacial score (nSPS) is 20.0. The van der Waals surface area contributed by atoms with Gasteiger partial charge < -0.3 is 10.1 Å². The van der Waals surface area contributed by atoms with E-state index in [4.69, 9.17) is 4.74 Å². The van der Waals surface area contributed by atoms with E-state index in [1.54, 1.807) is 0 Å². The smallest absolute Gasteiger partial charge is 0.345 e. The Balaban J connectivity index is 1.81. The largest absolute Gasteiger partial charge is 0.452 e. The molecule has 0 aliphatic heterocycles. The SMILES string of the molecule is CCC(C)(C)C1CCC(NC(=O)COC(=O)c2ccccc2[N+](=O)[O-])CC1. The fourth-order valence-electron chi connectivity index (χ4n) is 3.59. The standard InChI is InChI=1S/C20H28N2O5/c1-4-20(2,3)14-9-11-15(12-10-14)21-18(23)13-27-19(24)16-7-5-6-8-17(16)22(25)26/h5-8,14-15H,4,9-13H2,1-3H3,(H,21,23). The maximum Gasteiger partial charge on any atom is 0.345 e. The van der Waals surface area contributed by atoms with Gasteiger partial charge in [-0.25, -0.2) is 4.79 Å². The van der Waals surface area contributed by atoms with Crippen LogP contribution in [0.2, 0.25) is 0 Å². The highest BCUT2D eigenvalue weighted by atomic mass is 16.6. The van der Waals surface area contributed by atoms with Crippen molar-refractivity contribution >= 4 is 17.6 Å². The summed E-state index contributed by atoms with van der Waals surface area (Å²) in [6, 6.07) is 5.62. The van der Waals surface area contributed by atoms with Crippen LogP contribution >= 0.6 is 0 Å². The van der Waals surface area contributed by atoms with E-state index in [-0.39, 0.29) is 23.2 Å². The fourth-order valence-corrected chi connectivity index (χ4v) is 3.59. The Hall–Kier alpha value is -2.44. The number of hydrogen-bond acceptors (Lipinski definition) is 5. The number of rotatable bonds is 7. The van der Waals surface area contributed by atoms with Crippen molar-refractivity contribution in [2.45, 2.75) is 58.9 Å². The third-order valence-corrected chi connectivity index (χ3v) is 5.76. The molecule has 2 rings (SSSR count). The van der Waals surface area contributed by atoms with E-state index >= 15 is 0 Å². The van der Waals surface area contributed by atoms with Gasteiger partial charge in [0.15, 0.2) is 6.61 Å². The third-order valence-electron chi connectivity index (χ3n) is 5.76. The number of benzene rings is 1. The van der Waals surface area contributed by atoms with Crippen LogP contribution in [0.4, 0.5) is 5.69 Å². The number of nitro groups is 1. The van der Waals surface area contributed by atoms with Gasteiger partial charge >= 0.3 is 5.97 Å². The summed E-state index contributed by atoms with van der Waals surface area (Å²) in [7, 11) is 0. The van der Waals surface area contributed by atoms with Crippen LogP contribution in [0.15, 0.2) is 24.3 Å². The molecule has 1 aromatic rings. The molecule has 1 amide bonds. The summed E-state index contributed by atoms with van der Waals surface area (Å²) in [5, 5.41) is 13.9. The van der Waals surface area contributed by atoms with Gasteiger partial charge in [-0.3, -0.25) is 14.9 Å². The number of para-hydroxylation sites is 1. The average Bonchev–Trinajstić information content (AvgIpc) is 2.66. The summed E-state index contributed by atoms with van der Waals surface area (Å²) >= 11 is 0. The van der Waals surface area contributed by atoms with Gasteiger partial charge in [-0.2, -0.15) is 0 Å². The molecule has 0 atom stereocenters. The molecule has 1 fully saturated rings. The maximum atomic E-state index is 12.1. The van der Waals surface area contributed by atoms with E-state index in [2.05, 4.69) is 26.1 Å². The molecule has 0 spiro atoms. The molecular formula is C20H28N2O5. The summed E-state index contributed by atoms with van der Waals surface area (Å²) in [6.07, 6.45) is 5.11. The number of ether oxygens (including phenoxy) is 1. The van der Waals surface area contributed by atoms with Gasteiger partial charge in [0.2, 0.25) is 0 Å². The Morgan fingerprint density at radius 1 is 1.22 bits per heavy atom. The lowest BCUT2D eigenvalue weighted by molar-refractivity contribution is -0.385. The fraction of sp³-hybridized carbons (Fsp3) is 0.600. The number of hydrogen-bond donors (Lipinski definition) is 1. The van der Waals surface area contributed by atoms with Gasteiger partial charge in [0.25, 0.3) is 11.6 Å². The van der Waals surface area contributed by atoms with Gasteiger partial charge in [-0.1, -0.05) is 39.3 Å². The second-order valence-corrected chi connectivity index (χ2v) is 7.81. The maximum absolute atomic E-state index is 12.1. The molecule has 1 saturated carbocycles. The molecule has 1 aliphatic rings. The van der Waals surface area contributed by atoms with Crippen molar-refractivity contribution in [1.29, 1.82) is 0 Å². The summed E-state index contributed by atoms with van der Waals surface area (Å²) in [5.41, 5.74) is -0.174. The number of esters is 1. The van der Waals surface area contributed by atoms with Crippen LogP contribution in [-0.4, -0.2) is 29.4 Å². The lowest BCUT2D eigenvalue weighted by atomic mass is 9.69. The van der Waals surface area contributed by atoms with E-state index in [0.717, 1.165) is 32.1 Å². The van der Waals surface area contributed by atoms with Crippen molar-refractivity contribution in [2.24, 2.45) is 11.3 Å². The highest BCUT2D eigenvalue weighted by Crippen LogP contribution is 2.40. The van der Waals surface area contributed by atoms with E-state index in [9.17, 15) is 19.7 Å². The summed E-state index contributed by atoms with van der Waals surface area (Å²) in [6.45, 7) is 6.35. The second-order valence-electron chi connectivity index (χ2n) is 7.81. The lowest BCUT2D eigenvalue weighted by Crippen LogP contribution is -2.41. The van der Waals surface area contributed by atoms with Crippen molar-refractivity contribution in [2.75, 3.05) is 6.61 Å². The molecule has 7 heteroatoms. The Bertz CT molecular complexity index is 693. The molecule has 148 valence electrons. The molecule has 0 radical (unpaired) electrons. The van der Waals surface area contributed by atoms with Crippen LogP contribution < -0.4 is 5.32 Å². The highest BCUT2D eigenvalue weighted by Gasteiger charge is 2.32. The molecule has 0 aromatic heterocycles. The van der Waals surface area contributed by atoms with Crippen molar-refractivity contribution in [3.8, 4) is 0 Å². The molecule has 0 heterocycles. The monoisotopic (exact) mass is 376 g/mol. The lowest BCUT2D eigenvalue weighted by Gasteiger charge is -2.39. The zero-order chi connectivity index (χ0) is 20.0. The Kier molecular flexibility index (Phi) is 6.93. The topological polar surface area (TPSA) is 98.5 Å². The predicted molar refractivity (Wildman–Crippen MR) is 101 cm³/mol. The zero-order valence-electron chi connectivity index (χ0n) is 16.2. The average molecular weight is 376 g/mol. The second kappa shape index (κ2) is 8.97. The van der Waals surface area contributed by atoms with Crippen LogP contribution in [0.5, 0.6) is 0 Å². The molecule has 1 aromatic carbocycles. The van der Waals surface area contributed by atoms with Crippen molar-refractivity contribution in [3.63, 3.8) is 0 Å². The van der Waals surface area contributed by atoms with Gasteiger partial charge in [-0.15, -0.1) is 0 Å². The van der Waals surface area contributed by atoms with Crippen molar-refractivity contribution < 1.29 is 19.2 Å². The molecule has 1 N–H and O–H groups in total. The first-order chi connectivity index (χ1) is 12.7. The van der Waals surface area contributed by atoms with Crippen LogP contribution in [0, 0.1) is 21.4 Å². The minimum absolute atomic E-state index is 0.0890. The molecule has 0 unspecified atom stereocenters. The number of nitro benzene ring substituents is 1. The van der Waals surface area contributed by atoms with Crippen molar-refractivity contribution in [1.82, 2.24) is 5.32 Å². The van der Waals surface area contributed by atoms with E-state index in [1.165, 1.54) is 24.3 Å². The first-order valence-electron chi connectivity index (χ1n) is 9.44. The van der Waals surface area contributed by atoms with Crippen LogP contribution in [0.3, 0.4) is 0 Å². The van der Waals surface area contributed by atoms with E-state index in [0.29, 0.717) is 11.3 Å². The molecule has 0 saturated heterocycles. The zero-order valence-corrected chi connectivity index (χ0v) is 16.2. The van der Waals surface area contributed by atoms with Gasteiger partial charge in [0.05, 0.1) is 4.92 Å².